The van der Waals surface area contributed by atoms with E-state index in [1.54, 1.807) is 0 Å². The van der Waals surface area contributed by atoms with Crippen molar-refractivity contribution in [1.29, 1.82) is 0 Å². The SMILES string of the molecule is CCC/C=C\C/C=C\CCCCCCCC(=O)OC(COC(=O)CCCCCCC/C=C\CCCCCCC)COP(=O)(O)OCCN. The van der Waals surface area contributed by atoms with Gasteiger partial charge < -0.3 is 20.1 Å². The highest BCUT2D eigenvalue weighted by Crippen LogP contribution is 2.43. The van der Waals surface area contributed by atoms with Gasteiger partial charge in [-0.2, -0.15) is 0 Å². The largest absolute Gasteiger partial charge is 0.472 e. The molecule has 0 aromatic carbocycles. The van der Waals surface area contributed by atoms with E-state index in [-0.39, 0.29) is 32.6 Å². The van der Waals surface area contributed by atoms with E-state index < -0.39 is 32.5 Å². The van der Waals surface area contributed by atoms with Crippen LogP contribution in [0.4, 0.5) is 0 Å². The maximum absolute atomic E-state index is 12.5. The van der Waals surface area contributed by atoms with Crippen LogP contribution in [0.5, 0.6) is 0 Å². The maximum atomic E-state index is 12.5. The van der Waals surface area contributed by atoms with Gasteiger partial charge in [-0.25, -0.2) is 4.57 Å². The number of phosphoric acid groups is 1. The molecule has 3 N–H and O–H groups in total. The number of hydrogen-bond acceptors (Lipinski definition) is 8. The van der Waals surface area contributed by atoms with Crippen molar-refractivity contribution in [2.45, 2.75) is 168 Å². The molecule has 0 saturated heterocycles. The number of nitrogens with two attached hydrogens (primary N) is 1. The van der Waals surface area contributed by atoms with Crippen LogP contribution < -0.4 is 5.73 Å². The molecular weight excluding hydrogens is 629 g/mol. The van der Waals surface area contributed by atoms with Crippen LogP contribution in [0, 0.1) is 0 Å². The van der Waals surface area contributed by atoms with Crippen molar-refractivity contribution in [3.63, 3.8) is 0 Å². The minimum Gasteiger partial charge on any atom is -0.462 e. The summed E-state index contributed by atoms with van der Waals surface area (Å²) in [5.41, 5.74) is 5.33. The van der Waals surface area contributed by atoms with Gasteiger partial charge >= 0.3 is 19.8 Å². The number of carbonyl (C=O) groups is 2. The van der Waals surface area contributed by atoms with Gasteiger partial charge in [0.1, 0.15) is 6.61 Å². The number of allylic oxidation sites excluding steroid dienone is 6. The molecule has 10 heteroatoms. The highest BCUT2D eigenvalue weighted by atomic mass is 31.2. The van der Waals surface area contributed by atoms with Gasteiger partial charge in [-0.15, -0.1) is 0 Å². The van der Waals surface area contributed by atoms with E-state index >= 15 is 0 Å². The molecule has 0 aliphatic carbocycles. The van der Waals surface area contributed by atoms with Crippen LogP contribution in [0.1, 0.15) is 162 Å². The number of ether oxygens (including phenoxy) is 2. The molecule has 0 fully saturated rings. The van der Waals surface area contributed by atoms with E-state index in [4.69, 9.17) is 24.3 Å². The second-order valence-electron chi connectivity index (χ2n) is 12.4. The number of phosphoric ester groups is 1. The molecule has 2 unspecified atom stereocenters. The molecule has 0 rings (SSSR count). The summed E-state index contributed by atoms with van der Waals surface area (Å²) in [5.74, 6) is -0.858. The third kappa shape index (κ3) is 34.1. The summed E-state index contributed by atoms with van der Waals surface area (Å²) in [4.78, 5) is 34.7. The lowest BCUT2D eigenvalue weighted by atomic mass is 10.1. The Morgan fingerprint density at radius 2 is 1.12 bits per heavy atom. The summed E-state index contributed by atoms with van der Waals surface area (Å²) in [6.07, 6.45) is 36.0. The van der Waals surface area contributed by atoms with Crippen LogP contribution in [-0.2, 0) is 32.7 Å². The minimum atomic E-state index is -4.37. The van der Waals surface area contributed by atoms with Crippen molar-refractivity contribution < 1.29 is 37.6 Å². The van der Waals surface area contributed by atoms with Gasteiger partial charge in [-0.3, -0.25) is 18.6 Å². The van der Waals surface area contributed by atoms with E-state index in [9.17, 15) is 19.0 Å². The minimum absolute atomic E-state index is 0.0493. The Kier molecular flexibility index (Phi) is 33.8. The van der Waals surface area contributed by atoms with Gasteiger partial charge in [-0.05, 0) is 64.2 Å². The molecule has 0 bridgehead atoms. The van der Waals surface area contributed by atoms with Crippen molar-refractivity contribution in [2.75, 3.05) is 26.4 Å². The molecule has 0 radical (unpaired) electrons. The van der Waals surface area contributed by atoms with Crippen LogP contribution in [-0.4, -0.2) is 49.3 Å². The quantitative estimate of drug-likeness (QED) is 0.0287. The smallest absolute Gasteiger partial charge is 0.462 e. The van der Waals surface area contributed by atoms with Crippen molar-refractivity contribution in [2.24, 2.45) is 5.73 Å². The van der Waals surface area contributed by atoms with Crippen molar-refractivity contribution in [3.8, 4) is 0 Å². The van der Waals surface area contributed by atoms with E-state index in [2.05, 4.69) is 50.3 Å². The molecule has 9 nitrogen and oxygen atoms in total. The molecule has 0 aliphatic heterocycles. The average molecular weight is 700 g/mol. The van der Waals surface area contributed by atoms with Crippen LogP contribution in [0.15, 0.2) is 36.5 Å². The van der Waals surface area contributed by atoms with Crippen molar-refractivity contribution in [1.82, 2.24) is 0 Å². The highest BCUT2D eigenvalue weighted by Gasteiger charge is 2.25. The van der Waals surface area contributed by atoms with Gasteiger partial charge in [0.25, 0.3) is 0 Å². The molecule has 48 heavy (non-hydrogen) atoms. The zero-order valence-electron chi connectivity index (χ0n) is 30.5. The zero-order valence-corrected chi connectivity index (χ0v) is 31.4. The Hall–Kier alpha value is -1.77. The topological polar surface area (TPSA) is 134 Å². The Labute approximate surface area is 293 Å². The summed E-state index contributed by atoms with van der Waals surface area (Å²) < 4.78 is 32.6. The van der Waals surface area contributed by atoms with Crippen molar-refractivity contribution in [3.05, 3.63) is 36.5 Å². The predicted molar refractivity (Wildman–Crippen MR) is 197 cm³/mol. The molecule has 0 spiro atoms. The first-order valence-electron chi connectivity index (χ1n) is 19.0. The van der Waals surface area contributed by atoms with Gasteiger partial charge in [0.15, 0.2) is 6.10 Å². The van der Waals surface area contributed by atoms with Crippen molar-refractivity contribution >= 4 is 19.8 Å². The Morgan fingerprint density at radius 1 is 0.625 bits per heavy atom. The molecule has 0 aliphatic rings. The van der Waals surface area contributed by atoms with Gasteiger partial charge in [-0.1, -0.05) is 121 Å². The number of hydrogen-bond donors (Lipinski definition) is 2. The second-order valence-corrected chi connectivity index (χ2v) is 13.9. The first kappa shape index (κ1) is 46.2. The van der Waals surface area contributed by atoms with Crippen LogP contribution >= 0.6 is 7.82 Å². The normalized spacial score (nSPS) is 13.8. The molecule has 0 saturated carbocycles. The second kappa shape index (κ2) is 35.1. The summed E-state index contributed by atoms with van der Waals surface area (Å²) in [7, 11) is -4.37. The van der Waals surface area contributed by atoms with Crippen LogP contribution in [0.3, 0.4) is 0 Å². The fourth-order valence-corrected chi connectivity index (χ4v) is 5.67. The van der Waals surface area contributed by atoms with E-state index in [0.29, 0.717) is 6.42 Å². The van der Waals surface area contributed by atoms with E-state index in [1.165, 1.54) is 44.9 Å². The van der Waals surface area contributed by atoms with Gasteiger partial charge in [0.2, 0.25) is 0 Å². The first-order chi connectivity index (χ1) is 23.3. The first-order valence-corrected chi connectivity index (χ1v) is 20.5. The Morgan fingerprint density at radius 3 is 1.69 bits per heavy atom. The molecule has 280 valence electrons. The highest BCUT2D eigenvalue weighted by molar-refractivity contribution is 7.47. The third-order valence-corrected chi connectivity index (χ3v) is 8.71. The monoisotopic (exact) mass is 699 g/mol. The van der Waals surface area contributed by atoms with Crippen LogP contribution in [0.25, 0.3) is 0 Å². The summed E-state index contributed by atoms with van der Waals surface area (Å²) >= 11 is 0. The fraction of sp³-hybridized carbons (Fsp3) is 0.789. The number of esters is 2. The standard InChI is InChI=1S/C38H70NO8P/c1-3-5-7-9-11-13-15-17-19-20-22-24-26-28-30-37(40)44-34-36(35-46-48(42,43)45-33-32-39)47-38(41)31-29-27-25-23-21-18-16-14-12-10-8-6-4-2/h8,10,14-17,36H,3-7,9,11-13,18-35,39H2,1-2H3,(H,42,43)/b10-8-,16-14-,17-15-. The van der Waals surface area contributed by atoms with Gasteiger partial charge in [0.05, 0.1) is 13.2 Å². The lowest BCUT2D eigenvalue weighted by Crippen LogP contribution is -2.29. The zero-order chi connectivity index (χ0) is 35.4. The molecule has 2 atom stereocenters. The molecule has 0 amide bonds. The predicted octanol–water partition coefficient (Wildman–Crippen LogP) is 10.2. The number of carbonyl (C=O) groups excluding carboxylic acids is 2. The molecule has 0 heterocycles. The Balaban J connectivity index is 4.26. The summed E-state index contributed by atoms with van der Waals surface area (Å²) in [5, 5.41) is 0. The molecule has 0 aromatic rings. The number of unbranched alkanes of at least 4 members (excludes halogenated alkanes) is 16. The maximum Gasteiger partial charge on any atom is 0.472 e. The van der Waals surface area contributed by atoms with Gasteiger partial charge in [0, 0.05) is 19.4 Å². The summed E-state index contributed by atoms with van der Waals surface area (Å²) in [6.45, 7) is 3.61. The van der Waals surface area contributed by atoms with E-state index in [1.807, 2.05) is 0 Å². The van der Waals surface area contributed by atoms with Crippen LogP contribution in [0.2, 0.25) is 0 Å². The average Bonchev–Trinajstić information content (AvgIpc) is 3.07. The third-order valence-electron chi connectivity index (χ3n) is 7.73. The van der Waals surface area contributed by atoms with E-state index in [0.717, 1.165) is 83.5 Å². The number of rotatable bonds is 35. The fourth-order valence-electron chi connectivity index (χ4n) is 4.90. The lowest BCUT2D eigenvalue weighted by Gasteiger charge is -2.19. The molecular formula is C38H70NO8P. The lowest BCUT2D eigenvalue weighted by molar-refractivity contribution is -0.161. The Bertz CT molecular complexity index is 892. The molecule has 0 aromatic heterocycles. The summed E-state index contributed by atoms with van der Waals surface area (Å²) in [6, 6.07) is 0.